The molecule has 0 unspecified atom stereocenters. The van der Waals surface area contributed by atoms with Crippen molar-refractivity contribution in [1.82, 2.24) is 20.1 Å². The van der Waals surface area contributed by atoms with Gasteiger partial charge in [-0.25, -0.2) is 9.67 Å². The van der Waals surface area contributed by atoms with Crippen molar-refractivity contribution in [1.29, 1.82) is 0 Å². The number of nitrogens with zero attached hydrogens (tertiary/aromatic N) is 3. The van der Waals surface area contributed by atoms with Crippen LogP contribution < -0.4 is 10.1 Å². The third kappa shape index (κ3) is 4.46. The van der Waals surface area contributed by atoms with Gasteiger partial charge in [0.2, 0.25) is 5.91 Å². The van der Waals surface area contributed by atoms with Crippen LogP contribution >= 0.6 is 11.6 Å². The van der Waals surface area contributed by atoms with Crippen molar-refractivity contribution in [3.05, 3.63) is 41.4 Å². The van der Waals surface area contributed by atoms with E-state index in [1.807, 2.05) is 19.1 Å². The van der Waals surface area contributed by atoms with Crippen LogP contribution in [-0.4, -0.2) is 33.8 Å². The largest absolute Gasteiger partial charge is 0.493 e. The van der Waals surface area contributed by atoms with Gasteiger partial charge >= 0.3 is 0 Å². The molecule has 1 amide bonds. The van der Waals surface area contributed by atoms with Crippen LogP contribution in [-0.2, 0) is 4.79 Å². The molecule has 0 aliphatic rings. The summed E-state index contributed by atoms with van der Waals surface area (Å²) in [6.45, 7) is 4.80. The van der Waals surface area contributed by atoms with Gasteiger partial charge in [0, 0.05) is 11.6 Å². The zero-order valence-corrected chi connectivity index (χ0v) is 13.4. The first kappa shape index (κ1) is 16.3. The molecule has 2 aromatic rings. The van der Waals surface area contributed by atoms with Gasteiger partial charge < -0.3 is 10.1 Å². The molecule has 1 N–H and O–H groups in total. The van der Waals surface area contributed by atoms with Gasteiger partial charge in [0.05, 0.1) is 6.61 Å². The normalized spacial score (nSPS) is 12.0. The standard InChI is InChI=1S/C15H19ClN4O2/c1-11-8-13(16)4-5-14(11)22-7-3-6-18-15(21)12(2)20-10-17-9-19-20/h4-5,8-10,12H,3,6-7H2,1-2H3,(H,18,21)/t12-/m0/s1. The van der Waals surface area contributed by atoms with E-state index in [9.17, 15) is 4.79 Å². The van der Waals surface area contributed by atoms with E-state index in [1.54, 1.807) is 13.0 Å². The quantitative estimate of drug-likeness (QED) is 0.795. The van der Waals surface area contributed by atoms with E-state index in [2.05, 4.69) is 15.4 Å². The smallest absolute Gasteiger partial charge is 0.244 e. The Labute approximate surface area is 134 Å². The molecule has 0 aliphatic heterocycles. The number of aryl methyl sites for hydroxylation is 1. The molecule has 0 aliphatic carbocycles. The molecule has 0 fully saturated rings. The van der Waals surface area contributed by atoms with Crippen molar-refractivity contribution in [2.24, 2.45) is 0 Å². The summed E-state index contributed by atoms with van der Waals surface area (Å²) in [7, 11) is 0. The highest BCUT2D eigenvalue weighted by Gasteiger charge is 2.14. The summed E-state index contributed by atoms with van der Waals surface area (Å²) in [6.07, 6.45) is 3.65. The van der Waals surface area contributed by atoms with E-state index in [-0.39, 0.29) is 11.9 Å². The molecular weight excluding hydrogens is 304 g/mol. The van der Waals surface area contributed by atoms with Crippen molar-refractivity contribution < 1.29 is 9.53 Å². The molecule has 6 nitrogen and oxygen atoms in total. The number of aromatic nitrogens is 3. The minimum Gasteiger partial charge on any atom is -0.493 e. The SMILES string of the molecule is Cc1cc(Cl)ccc1OCCCNC(=O)[C@H](C)n1cncn1. The fourth-order valence-electron chi connectivity index (χ4n) is 1.93. The monoisotopic (exact) mass is 322 g/mol. The fourth-order valence-corrected chi connectivity index (χ4v) is 2.15. The fraction of sp³-hybridized carbons (Fsp3) is 0.400. The highest BCUT2D eigenvalue weighted by atomic mass is 35.5. The van der Waals surface area contributed by atoms with Crippen LogP contribution in [0.2, 0.25) is 5.02 Å². The maximum absolute atomic E-state index is 11.9. The van der Waals surface area contributed by atoms with E-state index < -0.39 is 0 Å². The first-order chi connectivity index (χ1) is 10.6. The number of amides is 1. The average molecular weight is 323 g/mol. The molecule has 2 rings (SSSR count). The van der Waals surface area contributed by atoms with E-state index >= 15 is 0 Å². The lowest BCUT2D eigenvalue weighted by atomic mass is 10.2. The predicted octanol–water partition coefficient (Wildman–Crippen LogP) is 2.39. The molecule has 22 heavy (non-hydrogen) atoms. The molecule has 1 aromatic carbocycles. The van der Waals surface area contributed by atoms with Gasteiger partial charge in [-0.15, -0.1) is 0 Å². The molecule has 0 saturated carbocycles. The van der Waals surface area contributed by atoms with Crippen LogP contribution in [0.25, 0.3) is 0 Å². The Morgan fingerprint density at radius 2 is 2.32 bits per heavy atom. The zero-order chi connectivity index (χ0) is 15.9. The van der Waals surface area contributed by atoms with E-state index in [1.165, 1.54) is 17.3 Å². The predicted molar refractivity (Wildman–Crippen MR) is 84.0 cm³/mol. The molecule has 1 heterocycles. The third-order valence-electron chi connectivity index (χ3n) is 3.23. The first-order valence-corrected chi connectivity index (χ1v) is 7.46. The second kappa shape index (κ2) is 7.79. The van der Waals surface area contributed by atoms with Gasteiger partial charge in [-0.1, -0.05) is 11.6 Å². The minimum absolute atomic E-state index is 0.0897. The third-order valence-corrected chi connectivity index (χ3v) is 3.46. The van der Waals surface area contributed by atoms with Crippen LogP contribution in [0.15, 0.2) is 30.9 Å². The summed E-state index contributed by atoms with van der Waals surface area (Å²) in [5.41, 5.74) is 0.997. The molecule has 0 radical (unpaired) electrons. The van der Waals surface area contributed by atoms with Crippen LogP contribution in [0.5, 0.6) is 5.75 Å². The van der Waals surface area contributed by atoms with Crippen molar-refractivity contribution in [3.63, 3.8) is 0 Å². The Bertz CT molecular complexity index is 616. The van der Waals surface area contributed by atoms with Crippen LogP contribution in [0.1, 0.15) is 24.9 Å². The first-order valence-electron chi connectivity index (χ1n) is 7.08. The molecule has 1 aromatic heterocycles. The number of nitrogens with one attached hydrogen (secondary N) is 1. The maximum atomic E-state index is 11.9. The molecule has 0 spiro atoms. The number of rotatable bonds is 7. The number of carbonyl (C=O) groups is 1. The highest BCUT2D eigenvalue weighted by molar-refractivity contribution is 6.30. The van der Waals surface area contributed by atoms with Crippen LogP contribution in [0.4, 0.5) is 0 Å². The average Bonchev–Trinajstić information content (AvgIpc) is 3.02. The van der Waals surface area contributed by atoms with E-state index in [0.717, 1.165) is 17.7 Å². The molecule has 0 bridgehead atoms. The Morgan fingerprint density at radius 3 is 3.00 bits per heavy atom. The Kier molecular flexibility index (Phi) is 5.77. The lowest BCUT2D eigenvalue weighted by molar-refractivity contribution is -0.124. The summed E-state index contributed by atoms with van der Waals surface area (Å²) in [6, 6.07) is 5.13. The lowest BCUT2D eigenvalue weighted by Gasteiger charge is -2.13. The van der Waals surface area contributed by atoms with Gasteiger partial charge in [-0.2, -0.15) is 5.10 Å². The molecule has 1 atom stereocenters. The minimum atomic E-state index is -0.373. The lowest BCUT2D eigenvalue weighted by Crippen LogP contribution is -2.32. The van der Waals surface area contributed by atoms with Gasteiger partial charge in [0.25, 0.3) is 0 Å². The zero-order valence-electron chi connectivity index (χ0n) is 12.6. The van der Waals surface area contributed by atoms with Gasteiger partial charge in [-0.3, -0.25) is 4.79 Å². The molecule has 7 heteroatoms. The van der Waals surface area contributed by atoms with Crippen molar-refractivity contribution in [3.8, 4) is 5.75 Å². The number of ether oxygens (including phenoxy) is 1. The second-order valence-corrected chi connectivity index (χ2v) is 5.39. The Hall–Kier alpha value is -2.08. The summed E-state index contributed by atoms with van der Waals surface area (Å²) >= 11 is 5.89. The summed E-state index contributed by atoms with van der Waals surface area (Å²) < 4.78 is 7.19. The van der Waals surface area contributed by atoms with Gasteiger partial charge in [0.15, 0.2) is 0 Å². The van der Waals surface area contributed by atoms with Gasteiger partial charge in [-0.05, 0) is 44.0 Å². The van der Waals surface area contributed by atoms with Crippen molar-refractivity contribution in [2.75, 3.05) is 13.2 Å². The number of carbonyl (C=O) groups excluding carboxylic acids is 1. The second-order valence-electron chi connectivity index (χ2n) is 4.95. The van der Waals surface area contributed by atoms with Gasteiger partial charge in [0.1, 0.15) is 24.4 Å². The molecule has 0 saturated heterocycles. The van der Waals surface area contributed by atoms with Crippen molar-refractivity contribution in [2.45, 2.75) is 26.3 Å². The molecular formula is C15H19ClN4O2. The van der Waals surface area contributed by atoms with Crippen LogP contribution in [0, 0.1) is 6.92 Å². The summed E-state index contributed by atoms with van der Waals surface area (Å²) in [5.74, 6) is 0.722. The van der Waals surface area contributed by atoms with E-state index in [4.69, 9.17) is 16.3 Å². The number of halogens is 1. The summed E-state index contributed by atoms with van der Waals surface area (Å²) in [4.78, 5) is 15.7. The van der Waals surface area contributed by atoms with Crippen molar-refractivity contribution >= 4 is 17.5 Å². The topological polar surface area (TPSA) is 69.0 Å². The van der Waals surface area contributed by atoms with Crippen LogP contribution in [0.3, 0.4) is 0 Å². The number of hydrogen-bond donors (Lipinski definition) is 1. The number of hydrogen-bond acceptors (Lipinski definition) is 4. The Morgan fingerprint density at radius 1 is 1.50 bits per heavy atom. The highest BCUT2D eigenvalue weighted by Crippen LogP contribution is 2.21. The summed E-state index contributed by atoms with van der Waals surface area (Å²) in [5, 5.41) is 7.49. The Balaban J connectivity index is 1.68. The number of benzene rings is 1. The maximum Gasteiger partial charge on any atom is 0.244 e. The van der Waals surface area contributed by atoms with E-state index in [0.29, 0.717) is 18.2 Å². The molecule has 118 valence electrons.